The minimum atomic E-state index is -0.997. The SMILES string of the molecule is NC(=O)C1(NC(=O)c2cc(F)cc3[nH]c(=S)[nH]c23)CC1. The smallest absolute Gasteiger partial charge is 0.254 e. The van der Waals surface area contributed by atoms with Crippen molar-refractivity contribution < 1.29 is 14.0 Å². The number of primary amides is 1. The molecule has 3 rings (SSSR count). The van der Waals surface area contributed by atoms with Crippen LogP contribution in [0, 0.1) is 10.6 Å². The number of nitrogens with two attached hydrogens (primary N) is 1. The van der Waals surface area contributed by atoms with Crippen LogP contribution in [0.5, 0.6) is 0 Å². The van der Waals surface area contributed by atoms with Crippen LogP contribution in [-0.2, 0) is 4.79 Å². The quantitative estimate of drug-likeness (QED) is 0.637. The summed E-state index contributed by atoms with van der Waals surface area (Å²) in [5, 5.41) is 2.56. The summed E-state index contributed by atoms with van der Waals surface area (Å²) in [6, 6.07) is 2.33. The van der Waals surface area contributed by atoms with Crippen LogP contribution in [-0.4, -0.2) is 27.3 Å². The van der Waals surface area contributed by atoms with Gasteiger partial charge in [0.15, 0.2) is 4.77 Å². The molecular formula is C12H11FN4O2S. The number of carbonyl (C=O) groups is 2. The summed E-state index contributed by atoms with van der Waals surface area (Å²) in [7, 11) is 0. The number of H-pyrrole nitrogens is 2. The summed E-state index contributed by atoms with van der Waals surface area (Å²) < 4.78 is 13.8. The summed E-state index contributed by atoms with van der Waals surface area (Å²) in [5.41, 5.74) is 5.12. The van der Waals surface area contributed by atoms with Crippen molar-refractivity contribution in [1.82, 2.24) is 15.3 Å². The number of nitrogens with one attached hydrogen (secondary N) is 3. The highest BCUT2D eigenvalue weighted by molar-refractivity contribution is 7.71. The molecule has 1 aromatic heterocycles. The van der Waals surface area contributed by atoms with E-state index in [1.165, 1.54) is 6.07 Å². The molecule has 1 aromatic carbocycles. The molecule has 0 bridgehead atoms. The molecule has 20 heavy (non-hydrogen) atoms. The fourth-order valence-corrected chi connectivity index (χ4v) is 2.34. The fourth-order valence-electron chi connectivity index (χ4n) is 2.13. The van der Waals surface area contributed by atoms with Gasteiger partial charge in [0.05, 0.1) is 16.6 Å². The highest BCUT2D eigenvalue weighted by atomic mass is 32.1. The van der Waals surface area contributed by atoms with Crippen molar-refractivity contribution in [1.29, 1.82) is 0 Å². The molecule has 6 nitrogen and oxygen atoms in total. The number of aromatic amines is 2. The second-order valence-electron chi connectivity index (χ2n) is 4.86. The second kappa shape index (κ2) is 4.14. The van der Waals surface area contributed by atoms with Gasteiger partial charge in [-0.2, -0.15) is 0 Å². The molecule has 1 aliphatic rings. The van der Waals surface area contributed by atoms with Crippen molar-refractivity contribution in [3.63, 3.8) is 0 Å². The van der Waals surface area contributed by atoms with E-state index in [0.717, 1.165) is 6.07 Å². The van der Waals surface area contributed by atoms with Crippen molar-refractivity contribution in [2.75, 3.05) is 0 Å². The third kappa shape index (κ3) is 1.97. The predicted octanol–water partition coefficient (Wildman–Crippen LogP) is 1.11. The lowest BCUT2D eigenvalue weighted by Crippen LogP contribution is -2.46. The van der Waals surface area contributed by atoms with Crippen LogP contribution in [0.2, 0.25) is 0 Å². The fraction of sp³-hybridized carbons (Fsp3) is 0.250. The van der Waals surface area contributed by atoms with Gasteiger partial charge in [0.1, 0.15) is 11.4 Å². The zero-order chi connectivity index (χ0) is 14.5. The molecular weight excluding hydrogens is 283 g/mol. The van der Waals surface area contributed by atoms with E-state index in [1.807, 2.05) is 0 Å². The van der Waals surface area contributed by atoms with Crippen LogP contribution in [0.3, 0.4) is 0 Å². The van der Waals surface area contributed by atoms with Crippen molar-refractivity contribution in [2.45, 2.75) is 18.4 Å². The van der Waals surface area contributed by atoms with E-state index in [-0.39, 0.29) is 10.3 Å². The number of carbonyl (C=O) groups excluding carboxylic acids is 2. The van der Waals surface area contributed by atoms with Gasteiger partial charge >= 0.3 is 0 Å². The zero-order valence-electron chi connectivity index (χ0n) is 10.2. The lowest BCUT2D eigenvalue weighted by Gasteiger charge is -2.13. The van der Waals surface area contributed by atoms with Crippen molar-refractivity contribution in [3.05, 3.63) is 28.3 Å². The van der Waals surface area contributed by atoms with E-state index in [4.69, 9.17) is 18.0 Å². The van der Waals surface area contributed by atoms with Crippen molar-refractivity contribution >= 4 is 35.1 Å². The Hall–Kier alpha value is -2.22. The largest absolute Gasteiger partial charge is 0.368 e. The van der Waals surface area contributed by atoms with Gasteiger partial charge in [0.25, 0.3) is 5.91 Å². The van der Waals surface area contributed by atoms with Crippen LogP contribution >= 0.6 is 12.2 Å². The van der Waals surface area contributed by atoms with Crippen molar-refractivity contribution in [2.24, 2.45) is 5.73 Å². The predicted molar refractivity (Wildman–Crippen MR) is 72.1 cm³/mol. The molecule has 0 spiro atoms. The maximum Gasteiger partial charge on any atom is 0.254 e. The average Bonchev–Trinajstić information content (AvgIpc) is 3.04. The maximum atomic E-state index is 13.5. The van der Waals surface area contributed by atoms with Gasteiger partial charge < -0.3 is 21.0 Å². The molecule has 0 unspecified atom stereocenters. The Kier molecular flexibility index (Phi) is 2.65. The Labute approximate surface area is 117 Å². The molecule has 5 N–H and O–H groups in total. The van der Waals surface area contributed by atoms with E-state index in [0.29, 0.717) is 23.9 Å². The topological polar surface area (TPSA) is 104 Å². The first-order chi connectivity index (χ1) is 9.41. The Morgan fingerprint density at radius 1 is 1.35 bits per heavy atom. The molecule has 0 aliphatic heterocycles. The van der Waals surface area contributed by atoms with E-state index in [1.54, 1.807) is 0 Å². The first kappa shape index (κ1) is 12.8. The van der Waals surface area contributed by atoms with Crippen LogP contribution in [0.15, 0.2) is 12.1 Å². The molecule has 2 aromatic rings. The van der Waals surface area contributed by atoms with Gasteiger partial charge in [-0.05, 0) is 37.2 Å². The molecule has 1 heterocycles. The standard InChI is InChI=1S/C12H11FN4O2S/c13-5-3-6(8-7(4-5)15-11(20)16-8)9(18)17-12(1-2-12)10(14)19/h3-4H,1-2H2,(H2,14,19)(H,17,18)(H2,15,16,20). The normalized spacial score (nSPS) is 16.1. The first-order valence-corrected chi connectivity index (χ1v) is 6.36. The number of rotatable bonds is 3. The van der Waals surface area contributed by atoms with Gasteiger partial charge in [0, 0.05) is 0 Å². The van der Waals surface area contributed by atoms with Gasteiger partial charge in [-0.25, -0.2) is 4.39 Å². The maximum absolute atomic E-state index is 13.5. The van der Waals surface area contributed by atoms with Gasteiger partial charge in [-0.3, -0.25) is 9.59 Å². The number of halogens is 1. The number of benzene rings is 1. The summed E-state index contributed by atoms with van der Waals surface area (Å²) in [6.45, 7) is 0. The Bertz CT molecular complexity index is 790. The van der Waals surface area contributed by atoms with Crippen LogP contribution in [0.25, 0.3) is 11.0 Å². The molecule has 0 saturated heterocycles. The zero-order valence-corrected chi connectivity index (χ0v) is 11.1. The van der Waals surface area contributed by atoms with Gasteiger partial charge in [-0.1, -0.05) is 0 Å². The van der Waals surface area contributed by atoms with Gasteiger partial charge in [0.2, 0.25) is 5.91 Å². The lowest BCUT2D eigenvalue weighted by molar-refractivity contribution is -0.120. The molecule has 1 saturated carbocycles. The monoisotopic (exact) mass is 294 g/mol. The van der Waals surface area contributed by atoms with E-state index in [2.05, 4.69) is 15.3 Å². The number of hydrogen-bond acceptors (Lipinski definition) is 3. The third-order valence-corrected chi connectivity index (χ3v) is 3.61. The van der Waals surface area contributed by atoms with E-state index < -0.39 is 23.2 Å². The molecule has 2 amide bonds. The van der Waals surface area contributed by atoms with Gasteiger partial charge in [-0.15, -0.1) is 0 Å². The third-order valence-electron chi connectivity index (χ3n) is 3.41. The molecule has 1 fully saturated rings. The number of aromatic nitrogens is 2. The number of fused-ring (bicyclic) bond motifs is 1. The summed E-state index contributed by atoms with van der Waals surface area (Å²) in [5.74, 6) is -1.71. The summed E-state index contributed by atoms with van der Waals surface area (Å²) >= 11 is 4.93. The number of amides is 2. The number of imidazole rings is 1. The molecule has 0 radical (unpaired) electrons. The molecule has 0 atom stereocenters. The minimum absolute atomic E-state index is 0.0832. The van der Waals surface area contributed by atoms with Crippen LogP contribution in [0.4, 0.5) is 4.39 Å². The van der Waals surface area contributed by atoms with E-state index >= 15 is 0 Å². The molecule has 104 valence electrons. The summed E-state index contributed by atoms with van der Waals surface area (Å²) in [4.78, 5) is 29.0. The Balaban J connectivity index is 2.03. The lowest BCUT2D eigenvalue weighted by atomic mass is 10.1. The Morgan fingerprint density at radius 2 is 2.05 bits per heavy atom. The second-order valence-corrected chi connectivity index (χ2v) is 5.26. The Morgan fingerprint density at radius 3 is 2.65 bits per heavy atom. The minimum Gasteiger partial charge on any atom is -0.368 e. The van der Waals surface area contributed by atoms with Crippen LogP contribution in [0.1, 0.15) is 23.2 Å². The highest BCUT2D eigenvalue weighted by Gasteiger charge is 2.50. The van der Waals surface area contributed by atoms with Crippen molar-refractivity contribution in [3.8, 4) is 0 Å². The first-order valence-electron chi connectivity index (χ1n) is 5.95. The van der Waals surface area contributed by atoms with Crippen LogP contribution < -0.4 is 11.1 Å². The van der Waals surface area contributed by atoms with E-state index in [9.17, 15) is 14.0 Å². The molecule has 8 heteroatoms. The molecule has 1 aliphatic carbocycles. The summed E-state index contributed by atoms with van der Waals surface area (Å²) in [6.07, 6.45) is 0.991. The highest BCUT2D eigenvalue weighted by Crippen LogP contribution is 2.35. The average molecular weight is 294 g/mol. The number of hydrogen-bond donors (Lipinski definition) is 4.